The summed E-state index contributed by atoms with van der Waals surface area (Å²) in [6, 6.07) is 6.06. The third kappa shape index (κ3) is 2.26. The van der Waals surface area contributed by atoms with Gasteiger partial charge in [0.1, 0.15) is 5.82 Å². The molecule has 0 radical (unpaired) electrons. The molecule has 0 unspecified atom stereocenters. The summed E-state index contributed by atoms with van der Waals surface area (Å²) < 4.78 is 13.2. The van der Waals surface area contributed by atoms with Gasteiger partial charge in [0.2, 0.25) is 5.91 Å². The van der Waals surface area contributed by atoms with Crippen LogP contribution in [0.4, 0.5) is 4.39 Å². The topological polar surface area (TPSA) is 40.6 Å². The molecule has 0 N–H and O–H groups in total. The van der Waals surface area contributed by atoms with E-state index in [1.54, 1.807) is 17.1 Å². The number of carbonyl (C=O) groups is 2. The van der Waals surface area contributed by atoms with Crippen LogP contribution < -0.4 is 0 Å². The van der Waals surface area contributed by atoms with E-state index in [-0.39, 0.29) is 30.0 Å². The summed E-state index contributed by atoms with van der Waals surface area (Å²) in [5.74, 6) is -0.485. The number of hydrazine groups is 1. The molecule has 2 aliphatic rings. The van der Waals surface area contributed by atoms with Gasteiger partial charge < -0.3 is 0 Å². The van der Waals surface area contributed by atoms with Gasteiger partial charge in [-0.3, -0.25) is 14.6 Å². The molecule has 0 saturated carbocycles. The molecule has 1 aromatic rings. The fraction of sp³-hybridized carbons (Fsp3) is 0.429. The first-order valence-corrected chi connectivity index (χ1v) is 6.49. The highest BCUT2D eigenvalue weighted by Gasteiger charge is 2.41. The van der Waals surface area contributed by atoms with E-state index in [1.165, 1.54) is 12.1 Å². The molecule has 2 fully saturated rings. The van der Waals surface area contributed by atoms with E-state index in [2.05, 4.69) is 0 Å². The highest BCUT2D eigenvalue weighted by molar-refractivity contribution is 6.02. The zero-order chi connectivity index (χ0) is 13.4. The van der Waals surface area contributed by atoms with Crippen molar-refractivity contribution in [1.29, 1.82) is 0 Å². The lowest BCUT2D eigenvalue weighted by molar-refractivity contribution is -0.165. The fourth-order valence-corrected chi connectivity index (χ4v) is 2.86. The maximum atomic E-state index is 13.2. The Morgan fingerprint density at radius 1 is 1.32 bits per heavy atom. The molecule has 0 aliphatic carbocycles. The molecule has 0 spiro atoms. The van der Waals surface area contributed by atoms with Gasteiger partial charge in [0.15, 0.2) is 5.78 Å². The number of carbonyl (C=O) groups excluding carboxylic acids is 2. The van der Waals surface area contributed by atoms with Gasteiger partial charge in [0.05, 0.1) is 19.0 Å². The largest absolute Gasteiger partial charge is 0.297 e. The highest BCUT2D eigenvalue weighted by Crippen LogP contribution is 2.27. The minimum Gasteiger partial charge on any atom is -0.297 e. The van der Waals surface area contributed by atoms with E-state index < -0.39 is 0 Å². The number of hydrogen-bond acceptors (Lipinski definition) is 3. The number of ketones is 1. The molecule has 3 rings (SSSR count). The number of benzene rings is 1. The molecule has 2 aliphatic heterocycles. The first-order valence-electron chi connectivity index (χ1n) is 6.49. The summed E-state index contributed by atoms with van der Waals surface area (Å²) in [5, 5.41) is 3.45. The molecule has 0 bridgehead atoms. The molecule has 19 heavy (non-hydrogen) atoms. The molecule has 1 amide bonds. The quantitative estimate of drug-likeness (QED) is 0.758. The van der Waals surface area contributed by atoms with Crippen LogP contribution in [0.3, 0.4) is 0 Å². The van der Waals surface area contributed by atoms with Crippen LogP contribution in [-0.2, 0) is 16.1 Å². The van der Waals surface area contributed by atoms with E-state index in [0.717, 1.165) is 24.9 Å². The van der Waals surface area contributed by atoms with Gasteiger partial charge in [0.25, 0.3) is 0 Å². The zero-order valence-corrected chi connectivity index (χ0v) is 10.5. The van der Waals surface area contributed by atoms with Crippen molar-refractivity contribution in [2.45, 2.75) is 31.8 Å². The first kappa shape index (κ1) is 12.3. The number of halogens is 1. The summed E-state index contributed by atoms with van der Waals surface area (Å²) in [6.45, 7) is 1.05. The van der Waals surface area contributed by atoms with Crippen LogP contribution in [-0.4, -0.2) is 34.3 Å². The van der Waals surface area contributed by atoms with Crippen LogP contribution in [0.15, 0.2) is 24.3 Å². The summed E-state index contributed by atoms with van der Waals surface area (Å²) in [7, 11) is 0. The Hall–Kier alpha value is -1.75. The Labute approximate surface area is 110 Å². The normalized spacial score (nSPS) is 23.8. The number of fused-ring (bicyclic) bond motifs is 1. The first-order chi connectivity index (χ1) is 9.15. The molecule has 1 aromatic carbocycles. The second-order valence-electron chi connectivity index (χ2n) is 5.05. The molecule has 0 aromatic heterocycles. The smallest absolute Gasteiger partial charge is 0.244 e. The van der Waals surface area contributed by atoms with Crippen LogP contribution in [0, 0.1) is 5.82 Å². The number of Topliss-reactive ketones (excluding diaryl/α,β-unsaturated/α-hetero) is 1. The molecular weight excluding hydrogens is 247 g/mol. The van der Waals surface area contributed by atoms with Crippen molar-refractivity contribution in [2.75, 3.05) is 6.54 Å². The Morgan fingerprint density at radius 3 is 2.95 bits per heavy atom. The van der Waals surface area contributed by atoms with Crippen LogP contribution in [0.2, 0.25) is 0 Å². The van der Waals surface area contributed by atoms with Gasteiger partial charge in [-0.1, -0.05) is 12.1 Å². The average molecular weight is 262 g/mol. The number of amides is 1. The van der Waals surface area contributed by atoms with Crippen LogP contribution >= 0.6 is 0 Å². The summed E-state index contributed by atoms with van der Waals surface area (Å²) >= 11 is 0. The van der Waals surface area contributed by atoms with Crippen LogP contribution in [0.25, 0.3) is 0 Å². The summed E-state index contributed by atoms with van der Waals surface area (Å²) in [5.41, 5.74) is 0.744. The lowest BCUT2D eigenvalue weighted by atomic mass is 10.0. The number of hydrogen-bond donors (Lipinski definition) is 0. The summed E-state index contributed by atoms with van der Waals surface area (Å²) in [6.07, 6.45) is 1.70. The Kier molecular flexibility index (Phi) is 3.06. The second-order valence-corrected chi connectivity index (χ2v) is 5.05. The van der Waals surface area contributed by atoms with E-state index >= 15 is 0 Å². The molecule has 1 atom stereocenters. The highest BCUT2D eigenvalue weighted by atomic mass is 19.1. The van der Waals surface area contributed by atoms with E-state index in [0.29, 0.717) is 6.54 Å². The van der Waals surface area contributed by atoms with Gasteiger partial charge >= 0.3 is 0 Å². The van der Waals surface area contributed by atoms with Crippen molar-refractivity contribution < 1.29 is 14.0 Å². The van der Waals surface area contributed by atoms with Gasteiger partial charge in [-0.2, -0.15) is 0 Å². The maximum absolute atomic E-state index is 13.2. The van der Waals surface area contributed by atoms with Crippen LogP contribution in [0.5, 0.6) is 0 Å². The lowest BCUT2D eigenvalue weighted by Gasteiger charge is -2.39. The van der Waals surface area contributed by atoms with Gasteiger partial charge in [-0.05, 0) is 30.5 Å². The average Bonchev–Trinajstić information content (AvgIpc) is 2.84. The van der Waals surface area contributed by atoms with Crippen molar-refractivity contribution in [2.24, 2.45) is 0 Å². The number of rotatable bonds is 2. The number of nitrogens with zero attached hydrogens (tertiary/aromatic N) is 2. The predicted molar refractivity (Wildman–Crippen MR) is 66.3 cm³/mol. The molecule has 5 heteroatoms. The van der Waals surface area contributed by atoms with Crippen molar-refractivity contribution in [1.82, 2.24) is 10.0 Å². The van der Waals surface area contributed by atoms with Gasteiger partial charge in [-0.15, -0.1) is 0 Å². The van der Waals surface area contributed by atoms with E-state index in [9.17, 15) is 14.0 Å². The minimum absolute atomic E-state index is 0.0120. The Morgan fingerprint density at radius 2 is 2.16 bits per heavy atom. The maximum Gasteiger partial charge on any atom is 0.244 e. The zero-order valence-electron chi connectivity index (χ0n) is 10.5. The van der Waals surface area contributed by atoms with E-state index in [1.807, 2.05) is 5.01 Å². The molecule has 4 nitrogen and oxygen atoms in total. The minimum atomic E-state index is -0.309. The second kappa shape index (κ2) is 4.74. The van der Waals surface area contributed by atoms with Crippen molar-refractivity contribution >= 4 is 11.7 Å². The van der Waals surface area contributed by atoms with Crippen LogP contribution in [0.1, 0.15) is 24.8 Å². The van der Waals surface area contributed by atoms with Crippen molar-refractivity contribution in [3.05, 3.63) is 35.6 Å². The molecular formula is C14H15FN2O2. The fourth-order valence-electron chi connectivity index (χ4n) is 2.86. The lowest BCUT2D eigenvalue weighted by Crippen LogP contribution is -2.56. The predicted octanol–water partition coefficient (Wildman–Crippen LogP) is 1.51. The standard InChI is InChI=1S/C14H15FN2O2/c15-11-4-1-3-10(7-11)9-17-14(19)8-13(18)12-5-2-6-16(12)17/h1,3-4,7,12H,2,5-6,8-9H2/t12-/m1/s1. The SMILES string of the molecule is O=C1CC(=O)N(Cc2cccc(F)c2)N2CCC[C@H]12. The molecule has 2 saturated heterocycles. The van der Waals surface area contributed by atoms with Gasteiger partial charge in [-0.25, -0.2) is 9.40 Å². The Bertz CT molecular complexity index is 532. The monoisotopic (exact) mass is 262 g/mol. The van der Waals surface area contributed by atoms with E-state index in [4.69, 9.17) is 0 Å². The molecule has 2 heterocycles. The van der Waals surface area contributed by atoms with Gasteiger partial charge in [0, 0.05) is 6.54 Å². The Balaban J connectivity index is 1.83. The summed E-state index contributed by atoms with van der Waals surface area (Å²) in [4.78, 5) is 23.8. The van der Waals surface area contributed by atoms with Crippen molar-refractivity contribution in [3.8, 4) is 0 Å². The third-order valence-electron chi connectivity index (χ3n) is 3.74. The third-order valence-corrected chi connectivity index (χ3v) is 3.74. The van der Waals surface area contributed by atoms with Crippen molar-refractivity contribution in [3.63, 3.8) is 0 Å². The molecule has 100 valence electrons.